The maximum atomic E-state index is 14.7. The molecule has 0 bridgehead atoms. The smallest absolute Gasteiger partial charge is 0.272 e. The molecule has 3 aliphatic heterocycles. The van der Waals surface area contributed by atoms with Crippen molar-refractivity contribution in [2.24, 2.45) is 9.98 Å². The van der Waals surface area contributed by atoms with Crippen LogP contribution in [-0.4, -0.2) is 61.4 Å². The standard InChI is InChI=1S/C25H27FN4O2/c1-4-17-12-21-22(29-24(17)31)11-16(13-28-21)14-30-9-7-18(8-10-30)19-5-6-20(25(32)27-3)23(26)15(19)2/h5-7,11-13,21H,4,8-10,14H2,1-3H3,(H,27,32). The molecule has 7 heteroatoms. The van der Waals surface area contributed by atoms with Gasteiger partial charge in [0.1, 0.15) is 11.9 Å². The highest BCUT2D eigenvalue weighted by Gasteiger charge is 2.25. The van der Waals surface area contributed by atoms with Crippen LogP contribution in [0.4, 0.5) is 4.39 Å². The van der Waals surface area contributed by atoms with E-state index in [9.17, 15) is 14.0 Å². The van der Waals surface area contributed by atoms with Crippen LogP contribution in [0.25, 0.3) is 5.57 Å². The normalized spacial score (nSPS) is 20.8. The fourth-order valence-electron chi connectivity index (χ4n) is 4.30. The molecule has 6 nitrogen and oxygen atoms in total. The van der Waals surface area contributed by atoms with E-state index in [-0.39, 0.29) is 17.5 Å². The maximum absolute atomic E-state index is 14.7. The van der Waals surface area contributed by atoms with Crippen molar-refractivity contribution in [2.75, 3.05) is 26.7 Å². The SMILES string of the molecule is CCC1=CC2N=CC(CN3CC=C(c4ccc(C(=O)NC)c(F)c4C)CC3)=CC2=NC1=O. The number of dihydropyridines is 2. The summed E-state index contributed by atoms with van der Waals surface area (Å²) in [5, 5.41) is 2.47. The highest BCUT2D eigenvalue weighted by atomic mass is 19.1. The van der Waals surface area contributed by atoms with Crippen LogP contribution in [0, 0.1) is 12.7 Å². The van der Waals surface area contributed by atoms with Gasteiger partial charge in [0.15, 0.2) is 0 Å². The molecule has 1 aromatic rings. The summed E-state index contributed by atoms with van der Waals surface area (Å²) in [5.74, 6) is -1.05. The van der Waals surface area contributed by atoms with Crippen molar-refractivity contribution in [3.8, 4) is 0 Å². The molecule has 0 spiro atoms. The van der Waals surface area contributed by atoms with Gasteiger partial charge in [-0.05, 0) is 60.3 Å². The molecular formula is C25H27FN4O2. The number of carbonyl (C=O) groups is 2. The van der Waals surface area contributed by atoms with Crippen LogP contribution in [-0.2, 0) is 4.79 Å². The molecule has 1 N–H and O–H groups in total. The average Bonchev–Trinajstić information content (AvgIpc) is 2.80. The molecule has 3 heterocycles. The van der Waals surface area contributed by atoms with Crippen LogP contribution in [0.3, 0.4) is 0 Å². The summed E-state index contributed by atoms with van der Waals surface area (Å²) in [6.07, 6.45) is 9.31. The first-order chi connectivity index (χ1) is 15.4. The summed E-state index contributed by atoms with van der Waals surface area (Å²) in [7, 11) is 1.49. The zero-order chi connectivity index (χ0) is 22.8. The Kier molecular flexibility index (Phi) is 6.28. The Labute approximate surface area is 187 Å². The molecule has 32 heavy (non-hydrogen) atoms. The number of fused-ring (bicyclic) bond motifs is 1. The van der Waals surface area contributed by atoms with E-state index in [1.165, 1.54) is 7.05 Å². The van der Waals surface area contributed by atoms with Crippen molar-refractivity contribution < 1.29 is 14.0 Å². The molecule has 4 rings (SSSR count). The number of benzene rings is 1. The number of hydrogen-bond donors (Lipinski definition) is 1. The van der Waals surface area contributed by atoms with E-state index in [1.54, 1.807) is 13.0 Å². The average molecular weight is 435 g/mol. The Bertz CT molecular complexity index is 1130. The van der Waals surface area contributed by atoms with Gasteiger partial charge in [-0.15, -0.1) is 0 Å². The van der Waals surface area contributed by atoms with Gasteiger partial charge in [0.2, 0.25) is 0 Å². The van der Waals surface area contributed by atoms with Gasteiger partial charge in [-0.3, -0.25) is 19.5 Å². The second-order valence-electron chi connectivity index (χ2n) is 8.22. The molecule has 0 fully saturated rings. The van der Waals surface area contributed by atoms with Crippen molar-refractivity contribution in [3.63, 3.8) is 0 Å². The molecule has 3 aliphatic rings. The Balaban J connectivity index is 1.44. The molecule has 0 saturated heterocycles. The van der Waals surface area contributed by atoms with Crippen LogP contribution in [0.15, 0.2) is 51.5 Å². The second-order valence-corrected chi connectivity index (χ2v) is 8.22. The van der Waals surface area contributed by atoms with Gasteiger partial charge in [-0.25, -0.2) is 9.38 Å². The highest BCUT2D eigenvalue weighted by Crippen LogP contribution is 2.28. The minimum Gasteiger partial charge on any atom is -0.355 e. The van der Waals surface area contributed by atoms with E-state index in [0.717, 1.165) is 41.8 Å². The first-order valence-corrected chi connectivity index (χ1v) is 10.9. The van der Waals surface area contributed by atoms with Crippen molar-refractivity contribution in [2.45, 2.75) is 32.7 Å². The summed E-state index contributed by atoms with van der Waals surface area (Å²) >= 11 is 0. The molecule has 1 atom stereocenters. The van der Waals surface area contributed by atoms with E-state index in [1.807, 2.05) is 31.4 Å². The maximum Gasteiger partial charge on any atom is 0.272 e. The minimum absolute atomic E-state index is 0.0682. The lowest BCUT2D eigenvalue weighted by Gasteiger charge is -2.28. The molecule has 0 saturated carbocycles. The molecule has 0 aromatic heterocycles. The van der Waals surface area contributed by atoms with Gasteiger partial charge in [0, 0.05) is 38.5 Å². The van der Waals surface area contributed by atoms with Crippen LogP contribution in [0.5, 0.6) is 0 Å². The number of hydrogen-bond acceptors (Lipinski definition) is 4. The summed E-state index contributed by atoms with van der Waals surface area (Å²) in [5.41, 5.74) is 4.96. The topological polar surface area (TPSA) is 74.1 Å². The molecule has 166 valence electrons. The second kappa shape index (κ2) is 9.12. The molecule has 1 aromatic carbocycles. The van der Waals surface area contributed by atoms with Crippen molar-refractivity contribution in [3.05, 3.63) is 64.0 Å². The Hall–Kier alpha value is -3.19. The van der Waals surface area contributed by atoms with Crippen LogP contribution in [0.1, 0.15) is 41.3 Å². The van der Waals surface area contributed by atoms with Crippen molar-refractivity contribution >= 4 is 29.3 Å². The van der Waals surface area contributed by atoms with Crippen LogP contribution >= 0.6 is 0 Å². The molecular weight excluding hydrogens is 407 g/mol. The predicted octanol–water partition coefficient (Wildman–Crippen LogP) is 3.28. The van der Waals surface area contributed by atoms with Crippen LogP contribution < -0.4 is 5.32 Å². The Morgan fingerprint density at radius 3 is 2.84 bits per heavy atom. The van der Waals surface area contributed by atoms with E-state index in [4.69, 9.17) is 0 Å². The number of halogens is 1. The van der Waals surface area contributed by atoms with E-state index in [2.05, 4.69) is 26.3 Å². The molecule has 1 unspecified atom stereocenters. The van der Waals surface area contributed by atoms with E-state index >= 15 is 0 Å². The highest BCUT2D eigenvalue weighted by molar-refractivity contribution is 6.16. The van der Waals surface area contributed by atoms with Crippen molar-refractivity contribution in [1.82, 2.24) is 10.2 Å². The molecule has 0 radical (unpaired) electrons. The number of nitrogens with zero attached hydrogens (tertiary/aromatic N) is 3. The summed E-state index contributed by atoms with van der Waals surface area (Å²) in [6.45, 7) is 5.93. The summed E-state index contributed by atoms with van der Waals surface area (Å²) in [6, 6.07) is 3.22. The van der Waals surface area contributed by atoms with Gasteiger partial charge in [0.25, 0.3) is 11.8 Å². The zero-order valence-electron chi connectivity index (χ0n) is 18.6. The zero-order valence-corrected chi connectivity index (χ0v) is 18.6. The van der Waals surface area contributed by atoms with E-state index in [0.29, 0.717) is 24.2 Å². The minimum atomic E-state index is -0.466. The fourth-order valence-corrected chi connectivity index (χ4v) is 4.30. The first kappa shape index (κ1) is 22.0. The van der Waals surface area contributed by atoms with Crippen molar-refractivity contribution in [1.29, 1.82) is 0 Å². The summed E-state index contributed by atoms with van der Waals surface area (Å²) < 4.78 is 14.7. The van der Waals surface area contributed by atoms with Gasteiger partial charge in [0.05, 0.1) is 11.3 Å². The molecule has 0 aliphatic carbocycles. The Morgan fingerprint density at radius 1 is 1.34 bits per heavy atom. The number of rotatable bonds is 5. The third-order valence-electron chi connectivity index (χ3n) is 6.19. The lowest BCUT2D eigenvalue weighted by atomic mass is 9.93. The number of aliphatic imine (C=N–C) groups is 2. The lowest BCUT2D eigenvalue weighted by Crippen LogP contribution is -2.33. The Morgan fingerprint density at radius 2 is 2.16 bits per heavy atom. The van der Waals surface area contributed by atoms with Crippen LogP contribution in [0.2, 0.25) is 0 Å². The van der Waals surface area contributed by atoms with Gasteiger partial charge < -0.3 is 5.32 Å². The number of amides is 2. The fraction of sp³-hybridized carbons (Fsp3) is 0.360. The lowest BCUT2D eigenvalue weighted by molar-refractivity contribution is -0.114. The quantitative estimate of drug-likeness (QED) is 0.773. The predicted molar refractivity (Wildman–Crippen MR) is 125 cm³/mol. The molecule has 2 amide bonds. The number of carbonyl (C=O) groups excluding carboxylic acids is 2. The largest absolute Gasteiger partial charge is 0.355 e. The monoisotopic (exact) mass is 434 g/mol. The first-order valence-electron chi connectivity index (χ1n) is 10.9. The summed E-state index contributed by atoms with van der Waals surface area (Å²) in [4.78, 5) is 35.0. The van der Waals surface area contributed by atoms with Gasteiger partial charge in [-0.1, -0.05) is 19.1 Å². The van der Waals surface area contributed by atoms with Gasteiger partial charge >= 0.3 is 0 Å². The number of nitrogens with one attached hydrogen (secondary N) is 1. The third-order valence-corrected chi connectivity index (χ3v) is 6.19. The third kappa shape index (κ3) is 4.25. The van der Waals surface area contributed by atoms with Gasteiger partial charge in [-0.2, -0.15) is 0 Å². The van der Waals surface area contributed by atoms with E-state index < -0.39 is 11.7 Å².